The zero-order chi connectivity index (χ0) is 14.1. The van der Waals surface area contributed by atoms with Gasteiger partial charge in [-0.15, -0.1) is 11.3 Å². The number of fused-ring (bicyclic) bond motifs is 1. The van der Waals surface area contributed by atoms with Gasteiger partial charge in [0.05, 0.1) is 18.9 Å². The van der Waals surface area contributed by atoms with Crippen molar-refractivity contribution in [3.63, 3.8) is 0 Å². The summed E-state index contributed by atoms with van der Waals surface area (Å²) in [5, 5.41) is 0. The lowest BCUT2D eigenvalue weighted by Crippen LogP contribution is -2.15. The summed E-state index contributed by atoms with van der Waals surface area (Å²) < 4.78 is 4.16. The van der Waals surface area contributed by atoms with Crippen LogP contribution in [-0.2, 0) is 6.54 Å². The van der Waals surface area contributed by atoms with E-state index >= 15 is 0 Å². The minimum atomic E-state index is -0.186. The molecule has 20 heavy (non-hydrogen) atoms. The molecular formula is C14H11BrN2OS2. The molecule has 6 heteroatoms. The monoisotopic (exact) mass is 366 g/mol. The summed E-state index contributed by atoms with van der Waals surface area (Å²) in [6.45, 7) is 2.86. The van der Waals surface area contributed by atoms with Crippen molar-refractivity contribution >= 4 is 54.7 Å². The zero-order valence-electron chi connectivity index (χ0n) is 10.7. The van der Waals surface area contributed by atoms with Crippen molar-refractivity contribution in [2.24, 2.45) is 4.99 Å². The topological polar surface area (TPSA) is 34.4 Å². The molecule has 3 rings (SSSR count). The van der Waals surface area contributed by atoms with Gasteiger partial charge in [0.15, 0.2) is 4.80 Å². The second-order valence-corrected chi connectivity index (χ2v) is 7.59. The maximum atomic E-state index is 12.2. The van der Waals surface area contributed by atoms with Crippen LogP contribution in [0.1, 0.15) is 16.6 Å². The number of benzene rings is 1. The Morgan fingerprint density at radius 3 is 2.75 bits per heavy atom. The Kier molecular flexibility index (Phi) is 3.87. The van der Waals surface area contributed by atoms with Gasteiger partial charge in [0.2, 0.25) is 0 Å². The number of carbonyl (C=O) groups is 1. The van der Waals surface area contributed by atoms with Crippen LogP contribution in [0.15, 0.2) is 45.2 Å². The largest absolute Gasteiger partial charge is 0.317 e. The van der Waals surface area contributed by atoms with Gasteiger partial charge in [0.1, 0.15) is 0 Å². The molecule has 0 bridgehead atoms. The molecule has 0 unspecified atom stereocenters. The van der Waals surface area contributed by atoms with Gasteiger partial charge in [0, 0.05) is 6.54 Å². The lowest BCUT2D eigenvalue weighted by atomic mass is 10.3. The van der Waals surface area contributed by atoms with Crippen molar-refractivity contribution in [2.45, 2.75) is 13.5 Å². The van der Waals surface area contributed by atoms with E-state index in [-0.39, 0.29) is 5.91 Å². The first-order valence-electron chi connectivity index (χ1n) is 6.12. The summed E-state index contributed by atoms with van der Waals surface area (Å²) in [4.78, 5) is 17.9. The van der Waals surface area contributed by atoms with Gasteiger partial charge in [-0.25, -0.2) is 0 Å². The third kappa shape index (κ3) is 2.51. The van der Waals surface area contributed by atoms with Crippen molar-refractivity contribution in [1.29, 1.82) is 0 Å². The third-order valence-electron chi connectivity index (χ3n) is 2.89. The SMILES string of the molecule is CCn1c(=NC(=O)c2ccc(Br)s2)sc2ccccc21. The second-order valence-electron chi connectivity index (χ2n) is 4.12. The quantitative estimate of drug-likeness (QED) is 0.666. The molecule has 2 aromatic heterocycles. The average Bonchev–Trinajstić information content (AvgIpc) is 3.01. The molecule has 0 aliphatic carbocycles. The maximum Gasteiger partial charge on any atom is 0.289 e. The highest BCUT2D eigenvalue weighted by atomic mass is 79.9. The van der Waals surface area contributed by atoms with Gasteiger partial charge in [-0.1, -0.05) is 23.5 Å². The number of aromatic nitrogens is 1. The molecule has 2 heterocycles. The Hall–Kier alpha value is -1.24. The highest BCUT2D eigenvalue weighted by Crippen LogP contribution is 2.23. The van der Waals surface area contributed by atoms with E-state index in [1.165, 1.54) is 11.3 Å². The van der Waals surface area contributed by atoms with E-state index in [0.717, 1.165) is 25.3 Å². The highest BCUT2D eigenvalue weighted by Gasteiger charge is 2.09. The molecule has 0 aliphatic heterocycles. The van der Waals surface area contributed by atoms with Crippen LogP contribution in [0.25, 0.3) is 10.2 Å². The average molecular weight is 367 g/mol. The minimum Gasteiger partial charge on any atom is -0.317 e. The second kappa shape index (κ2) is 5.63. The number of halogens is 1. The number of para-hydroxylation sites is 1. The normalized spacial score (nSPS) is 12.2. The molecule has 0 radical (unpaired) electrons. The number of rotatable bonds is 2. The van der Waals surface area contributed by atoms with E-state index in [0.29, 0.717) is 4.88 Å². The number of aryl methyl sites for hydroxylation is 1. The van der Waals surface area contributed by atoms with Crippen LogP contribution in [0.2, 0.25) is 0 Å². The molecule has 3 aromatic rings. The lowest BCUT2D eigenvalue weighted by Gasteiger charge is -1.98. The molecule has 0 saturated carbocycles. The summed E-state index contributed by atoms with van der Waals surface area (Å²) in [6, 6.07) is 11.8. The number of hydrogen-bond donors (Lipinski definition) is 0. The van der Waals surface area contributed by atoms with Gasteiger partial charge < -0.3 is 4.57 Å². The lowest BCUT2D eigenvalue weighted by molar-refractivity contribution is 0.100. The van der Waals surface area contributed by atoms with Crippen molar-refractivity contribution in [3.8, 4) is 0 Å². The number of nitrogens with zero attached hydrogens (tertiary/aromatic N) is 2. The predicted octanol–water partition coefficient (Wildman–Crippen LogP) is 4.29. The Morgan fingerprint density at radius 2 is 2.05 bits per heavy atom. The van der Waals surface area contributed by atoms with Gasteiger partial charge in [0.25, 0.3) is 5.91 Å². The molecule has 0 atom stereocenters. The summed E-state index contributed by atoms with van der Waals surface area (Å²) in [5.41, 5.74) is 1.12. The smallest absolute Gasteiger partial charge is 0.289 e. The third-order valence-corrected chi connectivity index (χ3v) is 5.56. The van der Waals surface area contributed by atoms with E-state index in [2.05, 4.69) is 44.5 Å². The Balaban J connectivity index is 2.13. The molecule has 0 aliphatic rings. The van der Waals surface area contributed by atoms with Gasteiger partial charge >= 0.3 is 0 Å². The fourth-order valence-electron chi connectivity index (χ4n) is 1.98. The van der Waals surface area contributed by atoms with Crippen molar-refractivity contribution < 1.29 is 4.79 Å². The Morgan fingerprint density at radius 1 is 1.25 bits per heavy atom. The van der Waals surface area contributed by atoms with Crippen LogP contribution < -0.4 is 4.80 Å². The standard InChI is InChI=1S/C14H11BrN2OS2/c1-2-17-9-5-3-4-6-10(9)20-14(17)16-13(18)11-7-8-12(15)19-11/h3-8H,2H2,1H3. The van der Waals surface area contributed by atoms with Crippen LogP contribution in [-0.4, -0.2) is 10.5 Å². The molecule has 102 valence electrons. The molecular weight excluding hydrogens is 356 g/mol. The van der Waals surface area contributed by atoms with Crippen molar-refractivity contribution in [2.75, 3.05) is 0 Å². The summed E-state index contributed by atoms with van der Waals surface area (Å²) >= 11 is 6.31. The highest BCUT2D eigenvalue weighted by molar-refractivity contribution is 9.11. The number of carbonyl (C=O) groups excluding carboxylic acids is 1. The number of thiophene rings is 1. The summed E-state index contributed by atoms with van der Waals surface area (Å²) in [5.74, 6) is -0.186. The van der Waals surface area contributed by atoms with Gasteiger partial charge in [-0.3, -0.25) is 4.79 Å². The van der Waals surface area contributed by atoms with E-state index in [9.17, 15) is 4.79 Å². The van der Waals surface area contributed by atoms with Gasteiger partial charge in [-0.05, 0) is 47.1 Å². The van der Waals surface area contributed by atoms with Crippen molar-refractivity contribution in [3.05, 3.63) is 49.9 Å². The first-order chi connectivity index (χ1) is 9.69. The summed E-state index contributed by atoms with van der Waals surface area (Å²) in [7, 11) is 0. The maximum absolute atomic E-state index is 12.2. The molecule has 0 spiro atoms. The van der Waals surface area contributed by atoms with E-state index < -0.39 is 0 Å². The molecule has 1 amide bonds. The van der Waals surface area contributed by atoms with Gasteiger partial charge in [-0.2, -0.15) is 4.99 Å². The fourth-order valence-corrected chi connectivity index (χ4v) is 4.35. The van der Waals surface area contributed by atoms with E-state index in [1.54, 1.807) is 17.4 Å². The minimum absolute atomic E-state index is 0.186. The first-order valence-corrected chi connectivity index (χ1v) is 8.54. The molecule has 1 aromatic carbocycles. The Bertz CT molecular complexity index is 844. The number of thiazole rings is 1. The van der Waals surface area contributed by atoms with E-state index in [1.807, 2.05) is 18.2 Å². The molecule has 3 nitrogen and oxygen atoms in total. The number of hydrogen-bond acceptors (Lipinski definition) is 3. The van der Waals surface area contributed by atoms with Crippen LogP contribution in [0.5, 0.6) is 0 Å². The van der Waals surface area contributed by atoms with Crippen LogP contribution >= 0.6 is 38.6 Å². The molecule has 0 saturated heterocycles. The van der Waals surface area contributed by atoms with Crippen LogP contribution in [0.3, 0.4) is 0 Å². The van der Waals surface area contributed by atoms with E-state index in [4.69, 9.17) is 0 Å². The van der Waals surface area contributed by atoms with Crippen molar-refractivity contribution in [1.82, 2.24) is 4.57 Å². The fraction of sp³-hybridized carbons (Fsp3) is 0.143. The molecule has 0 fully saturated rings. The number of amides is 1. The molecule has 0 N–H and O–H groups in total. The Labute approximate surface area is 132 Å². The predicted molar refractivity (Wildman–Crippen MR) is 87.4 cm³/mol. The first kappa shape index (κ1) is 13.7. The van der Waals surface area contributed by atoms with Crippen LogP contribution in [0, 0.1) is 0 Å². The van der Waals surface area contributed by atoms with Crippen LogP contribution in [0.4, 0.5) is 0 Å². The summed E-state index contributed by atoms with van der Waals surface area (Å²) in [6.07, 6.45) is 0. The zero-order valence-corrected chi connectivity index (χ0v) is 13.9.